The average Bonchev–Trinajstić information content (AvgIpc) is 2.39. The highest BCUT2D eigenvalue weighted by atomic mass is 79.9. The zero-order valence-corrected chi connectivity index (χ0v) is 14.2. The molecule has 2 heterocycles. The molecule has 1 aromatic carbocycles. The maximum Gasteiger partial charge on any atom is 0.407 e. The minimum atomic E-state index is -0.951. The lowest BCUT2D eigenvalue weighted by Gasteiger charge is -2.37. The number of likely N-dealkylation sites (tertiary alicyclic amines) is 1. The minimum absolute atomic E-state index is 0.0675. The highest BCUT2D eigenvalue weighted by Gasteiger charge is 2.31. The number of benzene rings is 1. The maximum absolute atomic E-state index is 12.3. The van der Waals surface area contributed by atoms with Crippen molar-refractivity contribution >= 4 is 56.3 Å². The van der Waals surface area contributed by atoms with Crippen molar-refractivity contribution in [2.24, 2.45) is 5.92 Å². The molecule has 0 unspecified atom stereocenters. The maximum atomic E-state index is 12.3. The van der Waals surface area contributed by atoms with Gasteiger partial charge in [0.1, 0.15) is 0 Å². The lowest BCUT2D eigenvalue weighted by molar-refractivity contribution is 0.0749. The van der Waals surface area contributed by atoms with Gasteiger partial charge in [-0.3, -0.25) is 4.79 Å². The van der Waals surface area contributed by atoms with E-state index in [0.29, 0.717) is 40.2 Å². The number of rotatable bonds is 2. The van der Waals surface area contributed by atoms with E-state index in [9.17, 15) is 9.59 Å². The number of aromatic nitrogens is 2. The number of hydrogen-bond acceptors (Lipinski definition) is 3. The number of amides is 1. The monoisotopic (exact) mass is 405 g/mol. The van der Waals surface area contributed by atoms with Gasteiger partial charge in [0.05, 0.1) is 16.1 Å². The van der Waals surface area contributed by atoms with Gasteiger partial charge in [-0.15, -0.1) is 0 Å². The molecule has 0 radical (unpaired) electrons. The average molecular weight is 407 g/mol. The zero-order chi connectivity index (χ0) is 16.0. The van der Waals surface area contributed by atoms with E-state index in [-0.39, 0.29) is 11.1 Å². The highest BCUT2D eigenvalue weighted by molar-refractivity contribution is 9.10. The Balaban J connectivity index is 2.01. The number of carbonyl (C=O) groups is 1. The molecule has 1 aliphatic rings. The SMILES string of the molecule is O=C(O)N1CC(Cn2c(=O)c(Cl)nc3cc(Br)c(Cl)cc32)C1. The molecule has 0 saturated carbocycles. The molecule has 9 heteroatoms. The van der Waals surface area contributed by atoms with Crippen LogP contribution in [0.5, 0.6) is 0 Å². The van der Waals surface area contributed by atoms with Crippen molar-refractivity contribution in [1.82, 2.24) is 14.5 Å². The lowest BCUT2D eigenvalue weighted by atomic mass is 10.0. The summed E-state index contributed by atoms with van der Waals surface area (Å²) in [4.78, 5) is 28.4. The molecule has 1 aliphatic heterocycles. The molecule has 1 fully saturated rings. The Hall–Kier alpha value is -1.31. The molecule has 116 valence electrons. The summed E-state index contributed by atoms with van der Waals surface area (Å²) in [6, 6.07) is 3.35. The Kier molecular flexibility index (Phi) is 4.05. The highest BCUT2D eigenvalue weighted by Crippen LogP contribution is 2.28. The van der Waals surface area contributed by atoms with Gasteiger partial charge in [0.15, 0.2) is 5.15 Å². The third kappa shape index (κ3) is 2.68. The van der Waals surface area contributed by atoms with Gasteiger partial charge < -0.3 is 14.6 Å². The summed E-state index contributed by atoms with van der Waals surface area (Å²) in [5.74, 6) is 0.0675. The van der Waals surface area contributed by atoms with E-state index < -0.39 is 11.7 Å². The Morgan fingerprint density at radius 1 is 1.41 bits per heavy atom. The number of halogens is 3. The molecule has 0 bridgehead atoms. The first-order valence-electron chi connectivity index (χ1n) is 6.39. The normalized spacial score (nSPS) is 15.1. The number of fused-ring (bicyclic) bond motifs is 1. The fraction of sp³-hybridized carbons (Fsp3) is 0.308. The van der Waals surface area contributed by atoms with E-state index in [1.807, 2.05) is 0 Å². The van der Waals surface area contributed by atoms with Gasteiger partial charge in [0, 0.05) is 30.0 Å². The number of carboxylic acid groups (broad SMARTS) is 1. The van der Waals surface area contributed by atoms with Crippen LogP contribution in [0, 0.1) is 5.92 Å². The second-order valence-electron chi connectivity index (χ2n) is 5.13. The lowest BCUT2D eigenvalue weighted by Crippen LogP contribution is -2.51. The first-order valence-corrected chi connectivity index (χ1v) is 7.94. The molecule has 0 atom stereocenters. The Morgan fingerprint density at radius 3 is 2.73 bits per heavy atom. The Bertz CT molecular complexity index is 833. The molecule has 3 rings (SSSR count). The van der Waals surface area contributed by atoms with Crippen molar-refractivity contribution < 1.29 is 9.90 Å². The third-order valence-corrected chi connectivity index (χ3v) is 5.06. The van der Waals surface area contributed by atoms with Crippen molar-refractivity contribution in [2.75, 3.05) is 13.1 Å². The van der Waals surface area contributed by atoms with E-state index in [1.54, 1.807) is 12.1 Å². The van der Waals surface area contributed by atoms with Gasteiger partial charge in [0.25, 0.3) is 5.56 Å². The quantitative estimate of drug-likeness (QED) is 0.831. The van der Waals surface area contributed by atoms with Crippen molar-refractivity contribution in [3.05, 3.63) is 37.1 Å². The smallest absolute Gasteiger partial charge is 0.407 e. The molecular formula is C13H10BrCl2N3O3. The second kappa shape index (κ2) is 5.72. The van der Waals surface area contributed by atoms with Gasteiger partial charge in [-0.25, -0.2) is 9.78 Å². The van der Waals surface area contributed by atoms with E-state index in [0.717, 1.165) is 0 Å². The van der Waals surface area contributed by atoms with Gasteiger partial charge in [0.2, 0.25) is 0 Å². The molecule has 0 aliphatic carbocycles. The number of hydrogen-bond donors (Lipinski definition) is 1. The van der Waals surface area contributed by atoms with Crippen molar-refractivity contribution in [3.63, 3.8) is 0 Å². The molecule has 1 amide bonds. The predicted molar refractivity (Wildman–Crippen MR) is 86.8 cm³/mol. The van der Waals surface area contributed by atoms with Crippen molar-refractivity contribution in [1.29, 1.82) is 0 Å². The fourth-order valence-corrected chi connectivity index (χ4v) is 3.17. The Morgan fingerprint density at radius 2 is 2.09 bits per heavy atom. The molecule has 22 heavy (non-hydrogen) atoms. The van der Waals surface area contributed by atoms with Gasteiger partial charge in [-0.1, -0.05) is 23.2 Å². The summed E-state index contributed by atoms with van der Waals surface area (Å²) in [7, 11) is 0. The van der Waals surface area contributed by atoms with Crippen LogP contribution in [0.15, 0.2) is 21.4 Å². The van der Waals surface area contributed by atoms with Crippen LogP contribution in [0.25, 0.3) is 11.0 Å². The molecule has 6 nitrogen and oxygen atoms in total. The van der Waals surface area contributed by atoms with E-state index in [1.165, 1.54) is 9.47 Å². The van der Waals surface area contributed by atoms with Crippen molar-refractivity contribution in [3.8, 4) is 0 Å². The molecule has 1 saturated heterocycles. The van der Waals surface area contributed by atoms with Crippen LogP contribution in [0.4, 0.5) is 4.79 Å². The first-order chi connectivity index (χ1) is 10.4. The van der Waals surface area contributed by atoms with E-state index in [2.05, 4.69) is 20.9 Å². The zero-order valence-electron chi connectivity index (χ0n) is 11.1. The molecule has 1 N–H and O–H groups in total. The van der Waals surface area contributed by atoms with Crippen LogP contribution >= 0.6 is 39.1 Å². The second-order valence-corrected chi connectivity index (χ2v) is 6.75. The van der Waals surface area contributed by atoms with E-state index >= 15 is 0 Å². The minimum Gasteiger partial charge on any atom is -0.465 e. The standard InChI is InChI=1S/C13H10BrCl2N3O3/c14-7-1-9-10(2-8(7)15)19(12(20)11(16)17-9)5-6-3-18(4-6)13(21)22/h1-2,6H,3-5H2,(H,21,22). The predicted octanol–water partition coefficient (Wildman–Crippen LogP) is 3.08. The molecule has 0 spiro atoms. The van der Waals surface area contributed by atoms with Gasteiger partial charge in [-0.2, -0.15) is 0 Å². The topological polar surface area (TPSA) is 75.4 Å². The Labute approximate surface area is 143 Å². The van der Waals surface area contributed by atoms with Crippen LogP contribution in [0.3, 0.4) is 0 Å². The molecular weight excluding hydrogens is 397 g/mol. The van der Waals surface area contributed by atoms with Gasteiger partial charge in [-0.05, 0) is 28.1 Å². The summed E-state index contributed by atoms with van der Waals surface area (Å²) in [5, 5.41) is 9.21. The fourth-order valence-electron chi connectivity index (χ4n) is 2.49. The van der Waals surface area contributed by atoms with Gasteiger partial charge >= 0.3 is 6.09 Å². The number of nitrogens with zero attached hydrogens (tertiary/aromatic N) is 3. The van der Waals surface area contributed by atoms with Crippen LogP contribution in [0.2, 0.25) is 10.2 Å². The summed E-state index contributed by atoms with van der Waals surface area (Å²) in [6.45, 7) is 1.17. The summed E-state index contributed by atoms with van der Waals surface area (Å²) >= 11 is 15.3. The molecule has 1 aromatic heterocycles. The largest absolute Gasteiger partial charge is 0.465 e. The summed E-state index contributed by atoms with van der Waals surface area (Å²) in [6.07, 6.45) is -0.951. The third-order valence-electron chi connectivity index (χ3n) is 3.62. The van der Waals surface area contributed by atoms with Crippen molar-refractivity contribution in [2.45, 2.75) is 6.54 Å². The summed E-state index contributed by atoms with van der Waals surface area (Å²) < 4.78 is 2.17. The summed E-state index contributed by atoms with van der Waals surface area (Å²) in [5.41, 5.74) is 0.730. The van der Waals surface area contributed by atoms with Crippen LogP contribution in [0.1, 0.15) is 0 Å². The van der Waals surface area contributed by atoms with E-state index in [4.69, 9.17) is 28.3 Å². The first kappa shape index (κ1) is 15.6. The molecule has 2 aromatic rings. The van der Waals surface area contributed by atoms with Crippen LogP contribution in [-0.4, -0.2) is 38.7 Å². The van der Waals surface area contributed by atoms with Crippen LogP contribution in [-0.2, 0) is 6.54 Å². The van der Waals surface area contributed by atoms with Crippen LogP contribution < -0.4 is 5.56 Å².